The van der Waals surface area contributed by atoms with Gasteiger partial charge >= 0.3 is 12.1 Å². The summed E-state index contributed by atoms with van der Waals surface area (Å²) in [6, 6.07) is 6.47. The van der Waals surface area contributed by atoms with Crippen LogP contribution < -0.4 is 4.90 Å². The number of carbonyl (C=O) groups is 3. The van der Waals surface area contributed by atoms with Crippen LogP contribution in [-0.4, -0.2) is 63.8 Å². The van der Waals surface area contributed by atoms with Gasteiger partial charge in [0.05, 0.1) is 16.9 Å². The maximum absolute atomic E-state index is 13.0. The van der Waals surface area contributed by atoms with Crippen LogP contribution in [0.15, 0.2) is 24.3 Å². The van der Waals surface area contributed by atoms with Crippen molar-refractivity contribution < 1.29 is 32.3 Å². The minimum absolute atomic E-state index is 0.142. The standard InChI is InChI=1S/C17H22N2O7S/c1-12(20)25-9-10-26-16(22)19-14-8-6-5-7-13(14)17(2,15(19)21)11-27(23,24)18(3)4/h5-8H,9-11H2,1-4H3. The first kappa shape index (κ1) is 20.8. The minimum atomic E-state index is -3.72. The van der Waals surface area contributed by atoms with Gasteiger partial charge in [-0.3, -0.25) is 9.59 Å². The van der Waals surface area contributed by atoms with Crippen molar-refractivity contribution in [3.05, 3.63) is 29.8 Å². The maximum atomic E-state index is 13.0. The second-order valence-electron chi connectivity index (χ2n) is 6.48. The lowest BCUT2D eigenvalue weighted by Gasteiger charge is -2.25. The summed E-state index contributed by atoms with van der Waals surface area (Å²) in [5, 5.41) is 0. The average molecular weight is 398 g/mol. The summed E-state index contributed by atoms with van der Waals surface area (Å²) in [6.45, 7) is 2.34. The first-order chi connectivity index (χ1) is 12.5. The first-order valence-electron chi connectivity index (χ1n) is 8.15. The van der Waals surface area contributed by atoms with Crippen LogP contribution in [-0.2, 0) is 34.5 Å². The first-order valence-corrected chi connectivity index (χ1v) is 9.76. The zero-order valence-corrected chi connectivity index (χ0v) is 16.4. The number of hydrogen-bond donors (Lipinski definition) is 0. The summed E-state index contributed by atoms with van der Waals surface area (Å²) in [7, 11) is -0.959. The Bertz CT molecular complexity index is 866. The number of para-hydroxylation sites is 1. The number of ether oxygens (including phenoxy) is 2. The Balaban J connectivity index is 2.30. The maximum Gasteiger partial charge on any atom is 0.421 e. The van der Waals surface area contributed by atoms with Gasteiger partial charge in [-0.15, -0.1) is 0 Å². The second kappa shape index (κ2) is 7.65. The van der Waals surface area contributed by atoms with Crippen LogP contribution in [0, 0.1) is 0 Å². The number of sulfonamides is 1. The number of amides is 2. The molecule has 0 N–H and O–H groups in total. The molecular weight excluding hydrogens is 376 g/mol. The van der Waals surface area contributed by atoms with Crippen molar-refractivity contribution in [2.45, 2.75) is 19.3 Å². The molecule has 0 fully saturated rings. The Morgan fingerprint density at radius 2 is 1.74 bits per heavy atom. The molecule has 0 aromatic heterocycles. The lowest BCUT2D eigenvalue weighted by atomic mass is 9.86. The number of fused-ring (bicyclic) bond motifs is 1. The molecule has 0 saturated heterocycles. The van der Waals surface area contributed by atoms with Gasteiger partial charge in [0, 0.05) is 21.0 Å². The highest BCUT2D eigenvalue weighted by Gasteiger charge is 2.52. The van der Waals surface area contributed by atoms with Crippen molar-refractivity contribution in [2.24, 2.45) is 0 Å². The highest BCUT2D eigenvalue weighted by atomic mass is 32.2. The third-order valence-electron chi connectivity index (χ3n) is 4.24. The van der Waals surface area contributed by atoms with Crippen molar-refractivity contribution in [1.29, 1.82) is 0 Å². The van der Waals surface area contributed by atoms with Crippen molar-refractivity contribution in [1.82, 2.24) is 4.31 Å². The van der Waals surface area contributed by atoms with Crippen LogP contribution in [0.4, 0.5) is 10.5 Å². The van der Waals surface area contributed by atoms with Gasteiger partial charge in [-0.2, -0.15) is 0 Å². The van der Waals surface area contributed by atoms with E-state index in [1.54, 1.807) is 24.3 Å². The molecule has 9 nitrogen and oxygen atoms in total. The molecule has 1 atom stereocenters. The Morgan fingerprint density at radius 1 is 1.15 bits per heavy atom. The summed E-state index contributed by atoms with van der Waals surface area (Å²) in [6.07, 6.45) is -0.953. The fourth-order valence-electron chi connectivity index (χ4n) is 2.80. The van der Waals surface area contributed by atoms with Crippen LogP contribution in [0.5, 0.6) is 0 Å². The Hall–Kier alpha value is -2.46. The highest BCUT2D eigenvalue weighted by Crippen LogP contribution is 2.43. The molecule has 0 aliphatic carbocycles. The van der Waals surface area contributed by atoms with E-state index in [1.807, 2.05) is 0 Å². The molecule has 2 rings (SSSR count). The van der Waals surface area contributed by atoms with E-state index in [1.165, 1.54) is 27.9 Å². The van der Waals surface area contributed by atoms with E-state index in [2.05, 4.69) is 4.74 Å². The second-order valence-corrected chi connectivity index (χ2v) is 8.67. The van der Waals surface area contributed by atoms with Gasteiger partial charge in [-0.1, -0.05) is 18.2 Å². The smallest absolute Gasteiger partial charge is 0.421 e. The van der Waals surface area contributed by atoms with Gasteiger partial charge in [0.25, 0.3) is 0 Å². The molecule has 0 bridgehead atoms. The third kappa shape index (κ3) is 4.11. The minimum Gasteiger partial charge on any atom is -0.462 e. The number of carbonyl (C=O) groups excluding carboxylic acids is 3. The number of esters is 1. The molecule has 1 unspecified atom stereocenters. The van der Waals surface area contributed by atoms with E-state index in [0.717, 1.165) is 9.21 Å². The molecular formula is C17H22N2O7S. The van der Waals surface area contributed by atoms with Crippen molar-refractivity contribution in [3.8, 4) is 0 Å². The van der Waals surface area contributed by atoms with E-state index in [0.29, 0.717) is 5.56 Å². The zero-order chi connectivity index (χ0) is 20.4. The number of rotatable bonds is 6. The Labute approximate surface area is 157 Å². The molecule has 10 heteroatoms. The van der Waals surface area contributed by atoms with E-state index in [9.17, 15) is 22.8 Å². The molecule has 1 heterocycles. The van der Waals surface area contributed by atoms with Gasteiger partial charge in [-0.05, 0) is 18.6 Å². The van der Waals surface area contributed by atoms with Gasteiger partial charge in [0.15, 0.2) is 0 Å². The topological polar surface area (TPSA) is 110 Å². The van der Waals surface area contributed by atoms with E-state index in [4.69, 9.17) is 4.74 Å². The normalized spacial score (nSPS) is 19.1. The van der Waals surface area contributed by atoms with Crippen LogP contribution in [0.3, 0.4) is 0 Å². The van der Waals surface area contributed by atoms with Crippen LogP contribution in [0.1, 0.15) is 19.4 Å². The lowest BCUT2D eigenvalue weighted by molar-refractivity contribution is -0.142. The summed E-state index contributed by atoms with van der Waals surface area (Å²) >= 11 is 0. The third-order valence-corrected chi connectivity index (χ3v) is 6.29. The van der Waals surface area contributed by atoms with Crippen LogP contribution in [0.25, 0.3) is 0 Å². The Morgan fingerprint density at radius 3 is 2.33 bits per heavy atom. The summed E-state index contributed by atoms with van der Waals surface area (Å²) in [5.74, 6) is -1.69. The molecule has 1 aromatic carbocycles. The number of benzene rings is 1. The van der Waals surface area contributed by atoms with Gasteiger partial charge in [-0.25, -0.2) is 22.4 Å². The lowest BCUT2D eigenvalue weighted by Crippen LogP contribution is -2.47. The van der Waals surface area contributed by atoms with Gasteiger partial charge in [0.2, 0.25) is 15.9 Å². The quantitative estimate of drug-likeness (QED) is 0.517. The summed E-state index contributed by atoms with van der Waals surface area (Å²) in [4.78, 5) is 37.0. The molecule has 1 aliphatic rings. The monoisotopic (exact) mass is 398 g/mol. The summed E-state index contributed by atoms with van der Waals surface area (Å²) < 4.78 is 35.5. The SMILES string of the molecule is CC(=O)OCCOC(=O)N1C(=O)C(C)(CS(=O)(=O)N(C)C)c2ccccc21. The largest absolute Gasteiger partial charge is 0.462 e. The summed E-state index contributed by atoms with van der Waals surface area (Å²) in [5.41, 5.74) is -0.733. The van der Waals surface area contributed by atoms with E-state index >= 15 is 0 Å². The average Bonchev–Trinajstić information content (AvgIpc) is 2.79. The van der Waals surface area contributed by atoms with Crippen LogP contribution in [0.2, 0.25) is 0 Å². The number of imide groups is 1. The molecule has 0 spiro atoms. The predicted molar refractivity (Wildman–Crippen MR) is 96.7 cm³/mol. The molecule has 2 amide bonds. The van der Waals surface area contributed by atoms with Crippen molar-refractivity contribution in [2.75, 3.05) is 38.0 Å². The fourth-order valence-corrected chi connectivity index (χ4v) is 4.07. The number of anilines is 1. The molecule has 148 valence electrons. The molecule has 1 aliphatic heterocycles. The Kier molecular flexibility index (Phi) is 5.91. The van der Waals surface area contributed by atoms with E-state index < -0.39 is 39.2 Å². The number of hydrogen-bond acceptors (Lipinski definition) is 7. The molecule has 27 heavy (non-hydrogen) atoms. The van der Waals surface area contributed by atoms with Crippen LogP contribution >= 0.6 is 0 Å². The molecule has 0 saturated carbocycles. The fraction of sp³-hybridized carbons (Fsp3) is 0.471. The van der Waals surface area contributed by atoms with Gasteiger partial charge < -0.3 is 9.47 Å². The predicted octanol–water partition coefficient (Wildman–Crippen LogP) is 0.882. The van der Waals surface area contributed by atoms with Crippen molar-refractivity contribution >= 4 is 33.7 Å². The highest BCUT2D eigenvalue weighted by molar-refractivity contribution is 7.89. The molecule has 1 aromatic rings. The zero-order valence-electron chi connectivity index (χ0n) is 15.6. The number of nitrogens with zero attached hydrogens (tertiary/aromatic N) is 2. The van der Waals surface area contributed by atoms with Crippen molar-refractivity contribution in [3.63, 3.8) is 0 Å². The van der Waals surface area contributed by atoms with E-state index in [-0.39, 0.29) is 18.9 Å². The van der Waals surface area contributed by atoms with Gasteiger partial charge in [0.1, 0.15) is 13.2 Å². The molecule has 0 radical (unpaired) electrons.